The first-order chi connectivity index (χ1) is 13.1. The van der Waals surface area contributed by atoms with E-state index in [0.717, 1.165) is 29.0 Å². The van der Waals surface area contributed by atoms with Crippen molar-refractivity contribution in [2.45, 2.75) is 25.7 Å². The maximum absolute atomic E-state index is 10.1. The highest BCUT2D eigenvalue weighted by Crippen LogP contribution is 2.48. The molecule has 1 aliphatic heterocycles. The molecule has 2 aliphatic rings. The standard InChI is InChI=1S/C23H24O4/c1-14-21(25)12-11-19-22(16-5-9-18(26-2)10-6-16)20(13-27-23(14)19)15-3-7-17(24)8-4-15/h3,5-7,9-12,20,22,24-25H,4,8,13H2,1-2H3. The molecule has 0 radical (unpaired) electrons. The van der Waals surface area contributed by atoms with E-state index in [1.807, 2.05) is 31.2 Å². The van der Waals surface area contributed by atoms with Gasteiger partial charge in [0.25, 0.3) is 0 Å². The van der Waals surface area contributed by atoms with Crippen molar-refractivity contribution in [2.24, 2.45) is 5.92 Å². The molecule has 2 aromatic carbocycles. The zero-order chi connectivity index (χ0) is 19.0. The van der Waals surface area contributed by atoms with Gasteiger partial charge in [0.15, 0.2) is 0 Å². The quantitative estimate of drug-likeness (QED) is 0.804. The van der Waals surface area contributed by atoms with E-state index in [-0.39, 0.29) is 17.6 Å². The topological polar surface area (TPSA) is 58.9 Å². The lowest BCUT2D eigenvalue weighted by molar-refractivity contribution is 0.220. The van der Waals surface area contributed by atoms with Crippen LogP contribution >= 0.6 is 0 Å². The van der Waals surface area contributed by atoms with Gasteiger partial charge in [-0.25, -0.2) is 0 Å². The van der Waals surface area contributed by atoms with Crippen LogP contribution in [0.4, 0.5) is 0 Å². The molecule has 1 aliphatic carbocycles. The van der Waals surface area contributed by atoms with Crippen molar-refractivity contribution in [1.82, 2.24) is 0 Å². The molecule has 0 fully saturated rings. The van der Waals surface area contributed by atoms with Crippen molar-refractivity contribution in [1.29, 1.82) is 0 Å². The maximum atomic E-state index is 10.1. The van der Waals surface area contributed by atoms with Crippen molar-refractivity contribution in [3.8, 4) is 17.2 Å². The summed E-state index contributed by atoms with van der Waals surface area (Å²) in [4.78, 5) is 0. The lowest BCUT2D eigenvalue weighted by Gasteiger charge is -2.37. The summed E-state index contributed by atoms with van der Waals surface area (Å²) in [5.74, 6) is 2.59. The molecule has 0 bridgehead atoms. The van der Waals surface area contributed by atoms with Crippen LogP contribution in [0.25, 0.3) is 0 Å². The zero-order valence-corrected chi connectivity index (χ0v) is 15.6. The van der Waals surface area contributed by atoms with Crippen LogP contribution in [0.5, 0.6) is 17.2 Å². The Morgan fingerprint density at radius 2 is 1.78 bits per heavy atom. The Hall–Kier alpha value is -2.88. The van der Waals surface area contributed by atoms with Crippen LogP contribution in [0.15, 0.2) is 59.9 Å². The third kappa shape index (κ3) is 3.16. The molecule has 0 spiro atoms. The Bertz CT molecular complexity index is 909. The fraction of sp³-hybridized carbons (Fsp3) is 0.304. The Labute approximate surface area is 159 Å². The smallest absolute Gasteiger partial charge is 0.129 e. The summed E-state index contributed by atoms with van der Waals surface area (Å²) in [6.07, 6.45) is 5.32. The number of rotatable bonds is 3. The van der Waals surface area contributed by atoms with Gasteiger partial charge in [0.1, 0.15) is 17.2 Å². The van der Waals surface area contributed by atoms with Crippen molar-refractivity contribution >= 4 is 0 Å². The van der Waals surface area contributed by atoms with Gasteiger partial charge in [-0.2, -0.15) is 0 Å². The molecule has 4 nitrogen and oxygen atoms in total. The number of fused-ring (bicyclic) bond motifs is 1. The molecule has 4 heteroatoms. The highest BCUT2D eigenvalue weighted by atomic mass is 16.5. The number of aromatic hydroxyl groups is 1. The predicted molar refractivity (Wildman–Crippen MR) is 105 cm³/mol. The first-order valence-electron chi connectivity index (χ1n) is 9.26. The maximum Gasteiger partial charge on any atom is 0.129 e. The summed E-state index contributed by atoms with van der Waals surface area (Å²) < 4.78 is 11.4. The summed E-state index contributed by atoms with van der Waals surface area (Å²) in [5, 5.41) is 19.8. The first-order valence-corrected chi connectivity index (χ1v) is 9.26. The lowest BCUT2D eigenvalue weighted by Crippen LogP contribution is -2.29. The number of hydrogen-bond donors (Lipinski definition) is 2. The Balaban J connectivity index is 1.83. The average molecular weight is 364 g/mol. The van der Waals surface area contributed by atoms with E-state index in [4.69, 9.17) is 9.47 Å². The molecule has 4 rings (SSSR count). The Morgan fingerprint density at radius 1 is 1.00 bits per heavy atom. The second-order valence-electron chi connectivity index (χ2n) is 7.20. The lowest BCUT2D eigenvalue weighted by atomic mass is 9.73. The molecule has 2 unspecified atom stereocenters. The predicted octanol–water partition coefficient (Wildman–Crippen LogP) is 5.01. The van der Waals surface area contributed by atoms with E-state index in [1.54, 1.807) is 19.3 Å². The van der Waals surface area contributed by atoms with Gasteiger partial charge in [-0.3, -0.25) is 0 Å². The summed E-state index contributed by atoms with van der Waals surface area (Å²) in [6, 6.07) is 11.9. The third-order valence-corrected chi connectivity index (χ3v) is 5.66. The number of benzene rings is 2. The van der Waals surface area contributed by atoms with Crippen molar-refractivity contribution in [3.63, 3.8) is 0 Å². The van der Waals surface area contributed by atoms with Crippen LogP contribution < -0.4 is 9.47 Å². The molecule has 2 aromatic rings. The van der Waals surface area contributed by atoms with Crippen LogP contribution in [-0.4, -0.2) is 23.9 Å². The molecule has 140 valence electrons. The number of ether oxygens (including phenoxy) is 2. The minimum atomic E-state index is 0.124. The van der Waals surface area contributed by atoms with Crippen LogP contribution in [0, 0.1) is 12.8 Å². The van der Waals surface area contributed by atoms with Gasteiger partial charge in [0, 0.05) is 29.4 Å². The van der Waals surface area contributed by atoms with E-state index in [1.165, 1.54) is 11.1 Å². The van der Waals surface area contributed by atoms with Crippen LogP contribution in [-0.2, 0) is 0 Å². The number of methoxy groups -OCH3 is 1. The largest absolute Gasteiger partial charge is 0.512 e. The number of phenols is 1. The van der Waals surface area contributed by atoms with Crippen LogP contribution in [0.2, 0.25) is 0 Å². The van der Waals surface area contributed by atoms with E-state index in [2.05, 4.69) is 12.1 Å². The van der Waals surface area contributed by atoms with Gasteiger partial charge < -0.3 is 19.7 Å². The van der Waals surface area contributed by atoms with E-state index >= 15 is 0 Å². The molecule has 0 saturated carbocycles. The van der Waals surface area contributed by atoms with Crippen LogP contribution in [0.3, 0.4) is 0 Å². The zero-order valence-electron chi connectivity index (χ0n) is 15.6. The minimum Gasteiger partial charge on any atom is -0.512 e. The summed E-state index contributed by atoms with van der Waals surface area (Å²) in [7, 11) is 1.67. The number of aliphatic hydroxyl groups is 1. The number of allylic oxidation sites excluding steroid dienone is 3. The molecule has 0 saturated heterocycles. The first kappa shape index (κ1) is 17.5. The molecule has 2 atom stereocenters. The molecule has 0 aromatic heterocycles. The van der Waals surface area contributed by atoms with Crippen molar-refractivity contribution in [3.05, 3.63) is 76.6 Å². The fourth-order valence-corrected chi connectivity index (χ4v) is 4.12. The van der Waals surface area contributed by atoms with Gasteiger partial charge >= 0.3 is 0 Å². The number of phenolic OH excluding ortho intramolecular Hbond substituents is 1. The van der Waals surface area contributed by atoms with E-state index in [0.29, 0.717) is 18.8 Å². The second kappa shape index (κ2) is 7.03. The van der Waals surface area contributed by atoms with Crippen molar-refractivity contribution < 1.29 is 19.7 Å². The van der Waals surface area contributed by atoms with Gasteiger partial charge in [0.05, 0.1) is 19.5 Å². The van der Waals surface area contributed by atoms with Gasteiger partial charge in [-0.05, 0) is 43.2 Å². The van der Waals surface area contributed by atoms with E-state index in [9.17, 15) is 10.2 Å². The van der Waals surface area contributed by atoms with Gasteiger partial charge in [-0.15, -0.1) is 0 Å². The molecule has 27 heavy (non-hydrogen) atoms. The summed E-state index contributed by atoms with van der Waals surface area (Å²) in [6.45, 7) is 2.44. The Kier molecular flexibility index (Phi) is 4.56. The minimum absolute atomic E-state index is 0.124. The molecular weight excluding hydrogens is 340 g/mol. The van der Waals surface area contributed by atoms with Gasteiger partial charge in [-0.1, -0.05) is 29.8 Å². The fourth-order valence-electron chi connectivity index (χ4n) is 4.12. The SMILES string of the molecule is COc1ccc(C2c3ccc(O)c(C)c3OCC2C2=CC=C(O)CC2)cc1. The Morgan fingerprint density at radius 3 is 2.44 bits per heavy atom. The van der Waals surface area contributed by atoms with Crippen molar-refractivity contribution in [2.75, 3.05) is 13.7 Å². The molecular formula is C23H24O4. The van der Waals surface area contributed by atoms with E-state index < -0.39 is 0 Å². The monoisotopic (exact) mass is 364 g/mol. The molecule has 0 amide bonds. The average Bonchev–Trinajstić information content (AvgIpc) is 2.71. The molecule has 2 N–H and O–H groups in total. The van der Waals surface area contributed by atoms with Crippen LogP contribution in [0.1, 0.15) is 35.4 Å². The summed E-state index contributed by atoms with van der Waals surface area (Å²) >= 11 is 0. The highest BCUT2D eigenvalue weighted by molar-refractivity contribution is 5.55. The highest BCUT2D eigenvalue weighted by Gasteiger charge is 2.36. The molecule has 1 heterocycles. The van der Waals surface area contributed by atoms with Gasteiger partial charge in [0.2, 0.25) is 0 Å². The normalized spacial score (nSPS) is 21.6. The number of hydrogen-bond acceptors (Lipinski definition) is 4. The summed E-state index contributed by atoms with van der Waals surface area (Å²) in [5.41, 5.74) is 4.34. The third-order valence-electron chi connectivity index (χ3n) is 5.66. The number of aliphatic hydroxyl groups excluding tert-OH is 1. The second-order valence-corrected chi connectivity index (χ2v) is 7.20.